The number of aromatic nitrogens is 3. The van der Waals surface area contributed by atoms with Crippen molar-refractivity contribution in [3.63, 3.8) is 0 Å². The first-order chi connectivity index (χ1) is 13.6. The highest BCUT2D eigenvalue weighted by molar-refractivity contribution is 8.00. The summed E-state index contributed by atoms with van der Waals surface area (Å²) in [5.74, 6) is 1.02. The number of nitrogens with zero attached hydrogens (tertiary/aromatic N) is 3. The molecule has 0 aliphatic carbocycles. The molecule has 0 aliphatic heterocycles. The van der Waals surface area contributed by atoms with Crippen molar-refractivity contribution in [3.8, 4) is 11.4 Å². The number of thioether (sulfide) groups is 1. The van der Waals surface area contributed by atoms with Gasteiger partial charge in [-0.2, -0.15) is 0 Å². The lowest BCUT2D eigenvalue weighted by Crippen LogP contribution is -2.23. The van der Waals surface area contributed by atoms with Gasteiger partial charge in [0, 0.05) is 12.1 Å². The molecular weight excluding hydrogens is 380 g/mol. The van der Waals surface area contributed by atoms with Crippen molar-refractivity contribution in [3.05, 3.63) is 29.8 Å². The molecule has 0 saturated carbocycles. The summed E-state index contributed by atoms with van der Waals surface area (Å²) in [6.45, 7) is 13.8. The number of hydrogen-bond acceptors (Lipinski definition) is 4. The molecule has 1 aromatic heterocycles. The molecule has 2 atom stereocenters. The molecule has 160 valence electrons. The Morgan fingerprint density at radius 2 is 1.79 bits per heavy atom. The summed E-state index contributed by atoms with van der Waals surface area (Å²) in [6, 6.07) is 8.57. The summed E-state index contributed by atoms with van der Waals surface area (Å²) in [4.78, 5) is 11.6. The Hall–Kier alpha value is -1.82. The van der Waals surface area contributed by atoms with E-state index >= 15 is 0 Å². The van der Waals surface area contributed by atoms with Crippen molar-refractivity contribution < 1.29 is 4.79 Å². The Kier molecular flexibility index (Phi) is 8.32. The zero-order valence-corrected chi connectivity index (χ0v) is 19.6. The number of carbonyl (C=O) groups excluding carboxylic acids is 1. The quantitative estimate of drug-likeness (QED) is 0.414. The minimum Gasteiger partial charge on any atom is -0.369 e. The summed E-state index contributed by atoms with van der Waals surface area (Å²) in [6.07, 6.45) is 4.88. The Labute approximate surface area is 179 Å². The molecule has 2 rings (SSSR count). The van der Waals surface area contributed by atoms with Crippen LogP contribution in [0.2, 0.25) is 0 Å². The lowest BCUT2D eigenvalue weighted by atomic mass is 9.86. The Morgan fingerprint density at radius 3 is 2.34 bits per heavy atom. The number of amides is 1. The largest absolute Gasteiger partial charge is 0.369 e. The van der Waals surface area contributed by atoms with Crippen molar-refractivity contribution in [2.75, 3.05) is 0 Å². The number of benzene rings is 1. The standard InChI is InChI=1S/C23H36N4OS/c1-7-8-9-10-16(2)15-27-21(25-26-22(27)29-17(3)20(24)28)18-11-13-19(14-12-18)23(4,5)6/h11-14,16-17H,7-10,15H2,1-6H3,(H2,24,28)/t16-,17+/m1/s1. The Morgan fingerprint density at radius 1 is 1.14 bits per heavy atom. The topological polar surface area (TPSA) is 73.8 Å². The highest BCUT2D eigenvalue weighted by atomic mass is 32.2. The van der Waals surface area contributed by atoms with Crippen molar-refractivity contribution in [2.45, 2.75) is 89.6 Å². The number of primary amides is 1. The van der Waals surface area contributed by atoms with Crippen LogP contribution in [0.15, 0.2) is 29.4 Å². The molecule has 5 nitrogen and oxygen atoms in total. The SMILES string of the molecule is CCCCC[C@@H](C)Cn1c(S[C@@H](C)C(N)=O)nnc1-c1ccc(C(C)(C)C)cc1. The molecular formula is C23H36N4OS. The van der Waals surface area contributed by atoms with Gasteiger partial charge in [-0.25, -0.2) is 0 Å². The van der Waals surface area contributed by atoms with Gasteiger partial charge in [0.15, 0.2) is 11.0 Å². The predicted octanol–water partition coefficient (Wildman–Crippen LogP) is 5.42. The van der Waals surface area contributed by atoms with Gasteiger partial charge in [-0.3, -0.25) is 4.79 Å². The van der Waals surface area contributed by atoms with Gasteiger partial charge < -0.3 is 10.3 Å². The number of unbranched alkanes of at least 4 members (excludes halogenated alkanes) is 2. The van der Waals surface area contributed by atoms with Crippen LogP contribution in [-0.4, -0.2) is 25.9 Å². The summed E-state index contributed by atoms with van der Waals surface area (Å²) >= 11 is 1.39. The van der Waals surface area contributed by atoms with Gasteiger partial charge in [0.05, 0.1) is 5.25 Å². The third kappa shape index (κ3) is 6.59. The third-order valence-corrected chi connectivity index (χ3v) is 6.30. The van der Waals surface area contributed by atoms with E-state index in [0.717, 1.165) is 23.1 Å². The minimum atomic E-state index is -0.343. The van der Waals surface area contributed by atoms with Crippen LogP contribution in [-0.2, 0) is 16.8 Å². The molecule has 0 bridgehead atoms. The van der Waals surface area contributed by atoms with E-state index in [4.69, 9.17) is 5.73 Å². The number of nitrogens with two attached hydrogens (primary N) is 1. The minimum absolute atomic E-state index is 0.109. The van der Waals surface area contributed by atoms with E-state index in [1.807, 2.05) is 6.92 Å². The van der Waals surface area contributed by atoms with Gasteiger partial charge in [0.1, 0.15) is 0 Å². The molecule has 6 heteroatoms. The van der Waals surface area contributed by atoms with E-state index in [-0.39, 0.29) is 16.6 Å². The zero-order valence-electron chi connectivity index (χ0n) is 18.7. The molecule has 1 amide bonds. The molecule has 1 aromatic carbocycles. The summed E-state index contributed by atoms with van der Waals surface area (Å²) in [5.41, 5.74) is 7.92. The monoisotopic (exact) mass is 416 g/mol. The van der Waals surface area contributed by atoms with E-state index in [1.165, 1.54) is 43.0 Å². The van der Waals surface area contributed by atoms with Crippen LogP contribution in [0, 0.1) is 5.92 Å². The number of hydrogen-bond donors (Lipinski definition) is 1. The number of rotatable bonds is 10. The molecule has 2 aromatic rings. The van der Waals surface area contributed by atoms with E-state index < -0.39 is 0 Å². The van der Waals surface area contributed by atoms with E-state index in [2.05, 4.69) is 73.6 Å². The molecule has 0 saturated heterocycles. The van der Waals surface area contributed by atoms with Crippen LogP contribution in [0.3, 0.4) is 0 Å². The lowest BCUT2D eigenvalue weighted by molar-refractivity contribution is -0.117. The second-order valence-electron chi connectivity index (χ2n) is 9.01. The van der Waals surface area contributed by atoms with E-state index in [9.17, 15) is 4.79 Å². The fourth-order valence-electron chi connectivity index (χ4n) is 3.24. The highest BCUT2D eigenvalue weighted by Gasteiger charge is 2.21. The van der Waals surface area contributed by atoms with Crippen LogP contribution in [0.25, 0.3) is 11.4 Å². The third-order valence-electron chi connectivity index (χ3n) is 5.20. The van der Waals surface area contributed by atoms with Crippen molar-refractivity contribution in [2.24, 2.45) is 11.7 Å². The summed E-state index contributed by atoms with van der Waals surface area (Å²) in [7, 11) is 0. The van der Waals surface area contributed by atoms with Gasteiger partial charge in [0.25, 0.3) is 0 Å². The summed E-state index contributed by atoms with van der Waals surface area (Å²) in [5, 5.41) is 9.30. The molecule has 0 spiro atoms. The predicted molar refractivity (Wildman–Crippen MR) is 122 cm³/mol. The van der Waals surface area contributed by atoms with Crippen molar-refractivity contribution >= 4 is 17.7 Å². The molecule has 29 heavy (non-hydrogen) atoms. The first-order valence-corrected chi connectivity index (χ1v) is 11.5. The molecule has 2 N–H and O–H groups in total. The van der Waals surface area contributed by atoms with Gasteiger partial charge >= 0.3 is 0 Å². The van der Waals surface area contributed by atoms with Crippen LogP contribution in [0.1, 0.15) is 72.8 Å². The zero-order chi connectivity index (χ0) is 21.6. The van der Waals surface area contributed by atoms with Crippen LogP contribution < -0.4 is 5.73 Å². The second kappa shape index (κ2) is 10.3. The van der Waals surface area contributed by atoms with Crippen molar-refractivity contribution in [1.29, 1.82) is 0 Å². The normalized spacial score (nSPS) is 14.0. The summed E-state index contributed by atoms with van der Waals surface area (Å²) < 4.78 is 2.16. The van der Waals surface area contributed by atoms with Crippen molar-refractivity contribution in [1.82, 2.24) is 14.8 Å². The first kappa shape index (κ1) is 23.5. The van der Waals surface area contributed by atoms with Gasteiger partial charge in [-0.1, -0.05) is 89.9 Å². The van der Waals surface area contributed by atoms with Crippen LogP contribution >= 0.6 is 11.8 Å². The smallest absolute Gasteiger partial charge is 0.230 e. The average Bonchev–Trinajstić information content (AvgIpc) is 3.03. The average molecular weight is 417 g/mol. The van der Waals surface area contributed by atoms with E-state index in [1.54, 1.807) is 0 Å². The second-order valence-corrected chi connectivity index (χ2v) is 10.3. The molecule has 0 fully saturated rings. The van der Waals surface area contributed by atoms with Gasteiger partial charge in [-0.15, -0.1) is 10.2 Å². The lowest BCUT2D eigenvalue weighted by Gasteiger charge is -2.20. The molecule has 0 aliphatic rings. The molecule has 0 unspecified atom stereocenters. The van der Waals surface area contributed by atoms with Crippen LogP contribution in [0.4, 0.5) is 0 Å². The fourth-order valence-corrected chi connectivity index (χ4v) is 4.04. The first-order valence-electron chi connectivity index (χ1n) is 10.6. The Bertz CT molecular complexity index is 792. The maximum Gasteiger partial charge on any atom is 0.230 e. The van der Waals surface area contributed by atoms with E-state index in [0.29, 0.717) is 5.92 Å². The fraction of sp³-hybridized carbons (Fsp3) is 0.609. The Balaban J connectivity index is 2.33. The van der Waals surface area contributed by atoms with Crippen LogP contribution in [0.5, 0.6) is 0 Å². The maximum atomic E-state index is 11.6. The van der Waals surface area contributed by atoms with Gasteiger partial charge in [-0.05, 0) is 30.2 Å². The highest BCUT2D eigenvalue weighted by Crippen LogP contribution is 2.30. The molecule has 1 heterocycles. The number of carbonyl (C=O) groups is 1. The molecule has 0 radical (unpaired) electrons. The van der Waals surface area contributed by atoms with Gasteiger partial charge in [0.2, 0.25) is 5.91 Å². The maximum absolute atomic E-state index is 11.6.